The van der Waals surface area contributed by atoms with Crippen LogP contribution in [0, 0.1) is 22.7 Å². The summed E-state index contributed by atoms with van der Waals surface area (Å²) in [6, 6.07) is 3.82. The van der Waals surface area contributed by atoms with Crippen molar-refractivity contribution < 1.29 is 0 Å². The summed E-state index contributed by atoms with van der Waals surface area (Å²) < 4.78 is 0. The molecule has 0 aromatic rings. The second kappa shape index (κ2) is 3.89. The van der Waals surface area contributed by atoms with Crippen LogP contribution in [0.2, 0.25) is 0 Å². The highest BCUT2D eigenvalue weighted by Crippen LogP contribution is 1.89. The monoisotopic (exact) mass is 106 g/mol. The Morgan fingerprint density at radius 2 is 2.25 bits per heavy atom. The molecule has 0 saturated heterocycles. The highest BCUT2D eigenvalue weighted by molar-refractivity contribution is 5.18. The van der Waals surface area contributed by atoms with E-state index < -0.39 is 0 Å². The summed E-state index contributed by atoms with van der Waals surface area (Å²) in [5, 5.41) is 16.1. The van der Waals surface area contributed by atoms with Crippen molar-refractivity contribution in [3.63, 3.8) is 0 Å². The molecule has 0 bridgehead atoms. The Bertz CT molecular complexity index is 166. The fraction of sp³-hybridized carbons (Fsp3) is 0.333. The Balaban J connectivity index is 3.67. The smallest absolute Gasteiger partial charge is 0.0941 e. The maximum absolute atomic E-state index is 8.13. The molecule has 8 heavy (non-hydrogen) atoms. The van der Waals surface area contributed by atoms with Gasteiger partial charge in [0.25, 0.3) is 0 Å². The second-order valence-electron chi connectivity index (χ2n) is 1.36. The highest BCUT2D eigenvalue weighted by Gasteiger charge is 1.79. The van der Waals surface area contributed by atoms with Crippen molar-refractivity contribution in [1.82, 2.24) is 0 Å². The lowest BCUT2D eigenvalue weighted by molar-refractivity contribution is 1.31. The van der Waals surface area contributed by atoms with Crippen molar-refractivity contribution >= 4 is 0 Å². The van der Waals surface area contributed by atoms with Crippen molar-refractivity contribution in [1.29, 1.82) is 10.5 Å². The second-order valence-corrected chi connectivity index (χ2v) is 1.36. The normalized spacial score (nSPS) is 9.62. The molecule has 0 amide bonds. The van der Waals surface area contributed by atoms with Gasteiger partial charge in [-0.1, -0.05) is 6.08 Å². The van der Waals surface area contributed by atoms with E-state index in [4.69, 9.17) is 10.5 Å². The maximum atomic E-state index is 8.13. The van der Waals surface area contributed by atoms with E-state index in [1.165, 1.54) is 0 Å². The molecular formula is C6H6N2. The van der Waals surface area contributed by atoms with E-state index in [-0.39, 0.29) is 0 Å². The van der Waals surface area contributed by atoms with E-state index in [0.717, 1.165) is 0 Å². The van der Waals surface area contributed by atoms with Crippen molar-refractivity contribution in [3.8, 4) is 12.1 Å². The third kappa shape index (κ3) is 2.93. The molecule has 0 spiro atoms. The van der Waals surface area contributed by atoms with Gasteiger partial charge in [0.05, 0.1) is 18.6 Å². The van der Waals surface area contributed by atoms with Crippen molar-refractivity contribution in [3.05, 3.63) is 11.6 Å². The van der Waals surface area contributed by atoms with E-state index in [0.29, 0.717) is 12.0 Å². The van der Waals surface area contributed by atoms with Gasteiger partial charge in [-0.05, 0) is 6.92 Å². The maximum Gasteiger partial charge on any atom is 0.0941 e. The number of nitriles is 2. The molecule has 0 saturated carbocycles. The van der Waals surface area contributed by atoms with Crippen LogP contribution in [-0.2, 0) is 0 Å². The van der Waals surface area contributed by atoms with Gasteiger partial charge in [0, 0.05) is 5.57 Å². The van der Waals surface area contributed by atoms with Crippen LogP contribution in [0.15, 0.2) is 11.6 Å². The molecule has 0 N–H and O–H groups in total. The summed E-state index contributed by atoms with van der Waals surface area (Å²) in [5.41, 5.74) is 0.603. The molecule has 40 valence electrons. The Labute approximate surface area is 48.7 Å². The van der Waals surface area contributed by atoms with E-state index in [1.54, 1.807) is 13.0 Å². The van der Waals surface area contributed by atoms with E-state index >= 15 is 0 Å². The average Bonchev–Trinajstić information content (AvgIpc) is 1.83. The Hall–Kier alpha value is -1.28. The molecular weight excluding hydrogens is 100 g/mol. The van der Waals surface area contributed by atoms with Gasteiger partial charge in [-0.15, -0.1) is 0 Å². The Morgan fingerprint density at radius 3 is 2.62 bits per heavy atom. The lowest BCUT2D eigenvalue weighted by Crippen LogP contribution is -1.65. The SMILES string of the molecule is C/C(C#N)=C/CC#N. The topological polar surface area (TPSA) is 47.6 Å². The summed E-state index contributed by atoms with van der Waals surface area (Å²) in [6.07, 6.45) is 1.93. The van der Waals surface area contributed by atoms with Crippen LogP contribution in [-0.4, -0.2) is 0 Å². The largest absolute Gasteiger partial charge is 0.198 e. The summed E-state index contributed by atoms with van der Waals surface area (Å²) in [4.78, 5) is 0. The average molecular weight is 106 g/mol. The van der Waals surface area contributed by atoms with Crippen LogP contribution in [0.25, 0.3) is 0 Å². The van der Waals surface area contributed by atoms with Crippen LogP contribution in [0.1, 0.15) is 13.3 Å². The molecule has 0 radical (unpaired) electrons. The molecule has 2 nitrogen and oxygen atoms in total. The van der Waals surface area contributed by atoms with Crippen LogP contribution in [0.3, 0.4) is 0 Å². The first-order valence-electron chi connectivity index (χ1n) is 2.25. The summed E-state index contributed by atoms with van der Waals surface area (Å²) >= 11 is 0. The molecule has 0 fully saturated rings. The quantitative estimate of drug-likeness (QED) is 0.474. The van der Waals surface area contributed by atoms with Crippen molar-refractivity contribution in [2.45, 2.75) is 13.3 Å². The molecule has 0 atom stereocenters. The van der Waals surface area contributed by atoms with E-state index in [1.807, 2.05) is 12.1 Å². The standard InChI is InChI=1S/C6H6N2/c1-6(5-8)3-2-4-7/h3H,2H2,1H3/b6-3-. The zero-order valence-corrected chi connectivity index (χ0v) is 4.68. The molecule has 0 rings (SSSR count). The van der Waals surface area contributed by atoms with Gasteiger partial charge in [-0.2, -0.15) is 10.5 Å². The lowest BCUT2D eigenvalue weighted by Gasteiger charge is -1.75. The van der Waals surface area contributed by atoms with Crippen LogP contribution >= 0.6 is 0 Å². The molecule has 0 aliphatic heterocycles. The molecule has 2 heteroatoms. The summed E-state index contributed by atoms with van der Waals surface area (Å²) in [5.74, 6) is 0. The van der Waals surface area contributed by atoms with Gasteiger partial charge in [-0.3, -0.25) is 0 Å². The summed E-state index contributed by atoms with van der Waals surface area (Å²) in [6.45, 7) is 1.68. The predicted octanol–water partition coefficient (Wildman–Crippen LogP) is 1.37. The van der Waals surface area contributed by atoms with Crippen molar-refractivity contribution in [2.24, 2.45) is 0 Å². The molecule has 0 aromatic carbocycles. The van der Waals surface area contributed by atoms with Gasteiger partial charge >= 0.3 is 0 Å². The van der Waals surface area contributed by atoms with Gasteiger partial charge < -0.3 is 0 Å². The first kappa shape index (κ1) is 6.72. The minimum Gasteiger partial charge on any atom is -0.198 e. The number of allylic oxidation sites excluding steroid dienone is 2. The Kier molecular flexibility index (Phi) is 3.27. The first-order valence-corrected chi connectivity index (χ1v) is 2.25. The third-order valence-electron chi connectivity index (χ3n) is 0.676. The molecule has 0 aliphatic carbocycles. The highest BCUT2D eigenvalue weighted by atomic mass is 14.2. The minimum absolute atomic E-state index is 0.333. The molecule has 0 unspecified atom stereocenters. The fourth-order valence-corrected chi connectivity index (χ4v) is 0.244. The predicted molar refractivity (Wildman–Crippen MR) is 29.6 cm³/mol. The molecule has 0 heterocycles. The number of rotatable bonds is 1. The fourth-order valence-electron chi connectivity index (χ4n) is 0.244. The molecule has 0 aliphatic rings. The van der Waals surface area contributed by atoms with Gasteiger partial charge in [0.2, 0.25) is 0 Å². The zero-order valence-electron chi connectivity index (χ0n) is 4.68. The molecule has 0 aromatic heterocycles. The minimum atomic E-state index is 0.333. The number of hydrogen-bond acceptors (Lipinski definition) is 2. The van der Waals surface area contributed by atoms with Gasteiger partial charge in [-0.25, -0.2) is 0 Å². The van der Waals surface area contributed by atoms with Gasteiger partial charge in [0.15, 0.2) is 0 Å². The van der Waals surface area contributed by atoms with Gasteiger partial charge in [0.1, 0.15) is 0 Å². The van der Waals surface area contributed by atoms with Crippen LogP contribution < -0.4 is 0 Å². The summed E-state index contributed by atoms with van der Waals surface area (Å²) in [7, 11) is 0. The Morgan fingerprint density at radius 1 is 1.62 bits per heavy atom. The third-order valence-corrected chi connectivity index (χ3v) is 0.676. The van der Waals surface area contributed by atoms with Crippen LogP contribution in [0.4, 0.5) is 0 Å². The number of hydrogen-bond donors (Lipinski definition) is 0. The zero-order chi connectivity index (χ0) is 6.41. The van der Waals surface area contributed by atoms with E-state index in [2.05, 4.69) is 0 Å². The first-order chi connectivity index (χ1) is 3.81. The van der Waals surface area contributed by atoms with Crippen LogP contribution in [0.5, 0.6) is 0 Å². The number of nitrogens with zero attached hydrogens (tertiary/aromatic N) is 2. The van der Waals surface area contributed by atoms with E-state index in [9.17, 15) is 0 Å². The lowest BCUT2D eigenvalue weighted by atomic mass is 10.3. The van der Waals surface area contributed by atoms with Crippen molar-refractivity contribution in [2.75, 3.05) is 0 Å².